The van der Waals surface area contributed by atoms with Crippen molar-refractivity contribution >= 4 is 29.2 Å². The van der Waals surface area contributed by atoms with E-state index < -0.39 is 11.4 Å². The smallest absolute Gasteiger partial charge is 0.303 e. The molecule has 112 valence electrons. The maximum absolute atomic E-state index is 10.8. The summed E-state index contributed by atoms with van der Waals surface area (Å²) >= 11 is 11.8. The van der Waals surface area contributed by atoms with Crippen molar-refractivity contribution in [3.05, 3.63) is 34.1 Å². The molecule has 0 bridgehead atoms. The van der Waals surface area contributed by atoms with Crippen LogP contribution in [0.1, 0.15) is 26.2 Å². The Hall–Kier alpha value is -1.59. The first-order chi connectivity index (χ1) is 9.77. The quantitative estimate of drug-likeness (QED) is 0.894. The first-order valence-electron chi connectivity index (χ1n) is 6.26. The standard InChI is InChI=1S/C14H14Cl2N2O3/c1-14(2,7-12(19)20)6-11-17-18-13(21-11)8-3-4-9(15)10(16)5-8/h3-5H,6-7H2,1-2H3,(H,19,20). The Labute approximate surface area is 131 Å². The molecule has 0 aliphatic rings. The van der Waals surface area contributed by atoms with Crippen LogP contribution < -0.4 is 0 Å². The lowest BCUT2D eigenvalue weighted by Crippen LogP contribution is -2.19. The summed E-state index contributed by atoms with van der Waals surface area (Å²) in [6.07, 6.45) is 0.408. The fourth-order valence-electron chi connectivity index (χ4n) is 1.95. The SMILES string of the molecule is CC(C)(CC(=O)O)Cc1nnc(-c2ccc(Cl)c(Cl)c2)o1. The van der Waals surface area contributed by atoms with Crippen molar-refractivity contribution in [2.75, 3.05) is 0 Å². The summed E-state index contributed by atoms with van der Waals surface area (Å²) in [5.41, 5.74) is 0.201. The van der Waals surface area contributed by atoms with E-state index in [2.05, 4.69) is 10.2 Å². The van der Waals surface area contributed by atoms with E-state index in [1.54, 1.807) is 18.2 Å². The average molecular weight is 329 g/mol. The second kappa shape index (κ2) is 6.03. The zero-order valence-electron chi connectivity index (χ0n) is 11.6. The van der Waals surface area contributed by atoms with Crippen LogP contribution in [0.15, 0.2) is 22.6 Å². The highest BCUT2D eigenvalue weighted by Gasteiger charge is 2.25. The topological polar surface area (TPSA) is 76.2 Å². The van der Waals surface area contributed by atoms with Crippen LogP contribution >= 0.6 is 23.2 Å². The second-order valence-electron chi connectivity index (χ2n) is 5.54. The third kappa shape index (κ3) is 4.19. The lowest BCUT2D eigenvalue weighted by atomic mass is 9.86. The molecule has 1 aromatic heterocycles. The Morgan fingerprint density at radius 3 is 2.62 bits per heavy atom. The largest absolute Gasteiger partial charge is 0.481 e. The highest BCUT2D eigenvalue weighted by atomic mass is 35.5. The van der Waals surface area contributed by atoms with Crippen LogP contribution in [-0.4, -0.2) is 21.3 Å². The molecule has 0 spiro atoms. The minimum atomic E-state index is -0.857. The summed E-state index contributed by atoms with van der Waals surface area (Å²) < 4.78 is 5.57. The summed E-state index contributed by atoms with van der Waals surface area (Å²) in [4.78, 5) is 10.8. The molecule has 0 fully saturated rings. The second-order valence-corrected chi connectivity index (χ2v) is 6.36. The van der Waals surface area contributed by atoms with Crippen LogP contribution in [-0.2, 0) is 11.2 Å². The molecule has 0 unspecified atom stereocenters. The fourth-order valence-corrected chi connectivity index (χ4v) is 2.25. The van der Waals surface area contributed by atoms with Crippen LogP contribution in [0.5, 0.6) is 0 Å². The van der Waals surface area contributed by atoms with Gasteiger partial charge < -0.3 is 9.52 Å². The van der Waals surface area contributed by atoms with Crippen molar-refractivity contribution in [2.24, 2.45) is 5.41 Å². The molecule has 2 rings (SSSR count). The normalized spacial score (nSPS) is 11.6. The lowest BCUT2D eigenvalue weighted by Gasteiger charge is -2.19. The minimum Gasteiger partial charge on any atom is -0.481 e. The summed E-state index contributed by atoms with van der Waals surface area (Å²) in [5.74, 6) is -0.138. The Kier molecular flexibility index (Phi) is 4.54. The predicted octanol–water partition coefficient (Wildman–Crippen LogP) is 4.09. The van der Waals surface area contributed by atoms with E-state index in [4.69, 9.17) is 32.7 Å². The molecular formula is C14H14Cl2N2O3. The van der Waals surface area contributed by atoms with Crippen molar-refractivity contribution in [1.82, 2.24) is 10.2 Å². The Morgan fingerprint density at radius 2 is 2.00 bits per heavy atom. The average Bonchev–Trinajstić information content (AvgIpc) is 2.78. The van der Waals surface area contributed by atoms with Crippen molar-refractivity contribution in [1.29, 1.82) is 0 Å². The maximum atomic E-state index is 10.8. The number of aliphatic carboxylic acids is 1. The lowest BCUT2D eigenvalue weighted by molar-refractivity contribution is -0.139. The van der Waals surface area contributed by atoms with E-state index in [-0.39, 0.29) is 6.42 Å². The molecule has 0 aliphatic carbocycles. The third-order valence-electron chi connectivity index (χ3n) is 2.89. The highest BCUT2D eigenvalue weighted by Crippen LogP contribution is 2.30. The van der Waals surface area contributed by atoms with E-state index in [0.29, 0.717) is 33.8 Å². The van der Waals surface area contributed by atoms with Crippen molar-refractivity contribution in [3.8, 4) is 11.5 Å². The van der Waals surface area contributed by atoms with Crippen LogP contribution in [0.25, 0.3) is 11.5 Å². The van der Waals surface area contributed by atoms with E-state index in [1.165, 1.54) is 0 Å². The first-order valence-corrected chi connectivity index (χ1v) is 7.02. The van der Waals surface area contributed by atoms with Gasteiger partial charge in [-0.3, -0.25) is 4.79 Å². The number of benzene rings is 1. The van der Waals surface area contributed by atoms with Gasteiger partial charge in [0.2, 0.25) is 11.8 Å². The molecule has 0 saturated heterocycles. The van der Waals surface area contributed by atoms with Crippen LogP contribution in [0.4, 0.5) is 0 Å². The maximum Gasteiger partial charge on any atom is 0.303 e. The van der Waals surface area contributed by atoms with E-state index in [1.807, 2.05) is 13.8 Å². The number of aromatic nitrogens is 2. The molecule has 0 atom stereocenters. The Balaban J connectivity index is 2.18. The highest BCUT2D eigenvalue weighted by molar-refractivity contribution is 6.42. The fraction of sp³-hybridized carbons (Fsp3) is 0.357. The molecule has 5 nitrogen and oxygen atoms in total. The number of hydrogen-bond acceptors (Lipinski definition) is 4. The van der Waals surface area contributed by atoms with Gasteiger partial charge in [-0.15, -0.1) is 10.2 Å². The molecule has 7 heteroatoms. The first kappa shape index (κ1) is 15.8. The summed E-state index contributed by atoms with van der Waals surface area (Å²) in [5, 5.41) is 17.6. The van der Waals surface area contributed by atoms with Gasteiger partial charge in [-0.1, -0.05) is 37.0 Å². The number of carbonyl (C=O) groups is 1. The Morgan fingerprint density at radius 1 is 1.29 bits per heavy atom. The monoisotopic (exact) mass is 328 g/mol. The van der Waals surface area contributed by atoms with Gasteiger partial charge >= 0.3 is 5.97 Å². The summed E-state index contributed by atoms with van der Waals surface area (Å²) in [6, 6.07) is 5.02. The number of nitrogens with zero attached hydrogens (tertiary/aromatic N) is 2. The van der Waals surface area contributed by atoms with E-state index in [9.17, 15) is 4.79 Å². The van der Waals surface area contributed by atoms with Crippen molar-refractivity contribution in [2.45, 2.75) is 26.7 Å². The minimum absolute atomic E-state index is 0.0253. The molecule has 2 aromatic rings. The molecular weight excluding hydrogens is 315 g/mol. The van der Waals surface area contributed by atoms with Gasteiger partial charge in [0.1, 0.15) is 0 Å². The van der Waals surface area contributed by atoms with Gasteiger partial charge in [0.15, 0.2) is 0 Å². The van der Waals surface area contributed by atoms with Crippen LogP contribution in [0.3, 0.4) is 0 Å². The molecule has 0 aliphatic heterocycles. The third-order valence-corrected chi connectivity index (χ3v) is 3.63. The number of hydrogen-bond donors (Lipinski definition) is 1. The van der Waals surface area contributed by atoms with Crippen molar-refractivity contribution < 1.29 is 14.3 Å². The molecule has 1 heterocycles. The predicted molar refractivity (Wildman–Crippen MR) is 79.5 cm³/mol. The van der Waals surface area contributed by atoms with Gasteiger partial charge in [-0.2, -0.15) is 0 Å². The molecule has 1 N–H and O–H groups in total. The molecule has 1 aromatic carbocycles. The van der Waals surface area contributed by atoms with E-state index in [0.717, 1.165) is 0 Å². The zero-order valence-corrected chi connectivity index (χ0v) is 13.1. The molecule has 21 heavy (non-hydrogen) atoms. The van der Waals surface area contributed by atoms with Gasteiger partial charge in [0.25, 0.3) is 0 Å². The number of carboxylic acids is 1. The number of carboxylic acid groups (broad SMARTS) is 1. The Bertz CT molecular complexity index is 668. The molecule has 0 saturated carbocycles. The van der Waals surface area contributed by atoms with Gasteiger partial charge in [-0.25, -0.2) is 0 Å². The molecule has 0 amide bonds. The van der Waals surface area contributed by atoms with Crippen LogP contribution in [0.2, 0.25) is 10.0 Å². The van der Waals surface area contributed by atoms with Gasteiger partial charge in [0.05, 0.1) is 16.5 Å². The summed E-state index contributed by atoms with van der Waals surface area (Å²) in [6.45, 7) is 3.67. The molecule has 0 radical (unpaired) electrons. The van der Waals surface area contributed by atoms with Crippen molar-refractivity contribution in [3.63, 3.8) is 0 Å². The van der Waals surface area contributed by atoms with Gasteiger partial charge in [0, 0.05) is 12.0 Å². The van der Waals surface area contributed by atoms with E-state index >= 15 is 0 Å². The summed E-state index contributed by atoms with van der Waals surface area (Å²) in [7, 11) is 0. The van der Waals surface area contributed by atoms with Gasteiger partial charge in [-0.05, 0) is 23.6 Å². The number of halogens is 2. The van der Waals surface area contributed by atoms with Crippen LogP contribution in [0, 0.1) is 5.41 Å². The number of rotatable bonds is 5. The zero-order chi connectivity index (χ0) is 15.6.